The molecular weight excluding hydrogens is 400 g/mol. The van der Waals surface area contributed by atoms with Gasteiger partial charge in [-0.25, -0.2) is 0 Å². The van der Waals surface area contributed by atoms with Gasteiger partial charge in [-0.2, -0.15) is 0 Å². The standard InChI is InChI=1S/C25H17ClO4/c26-19-5-13-23(14-6-19)29-21-9-1-17(2-10-21)25(28)18-3-11-22(12-4-18)30-24-15-7-20(27)8-16-24/h1-16,27H. The SMILES string of the molecule is O=C(c1ccc(Oc2ccc(O)cc2)cc1)c1ccc(Oc2ccc(Cl)cc2)cc1. The van der Waals surface area contributed by atoms with E-state index in [9.17, 15) is 9.90 Å². The van der Waals surface area contributed by atoms with Crippen LogP contribution in [0.2, 0.25) is 5.02 Å². The van der Waals surface area contributed by atoms with Crippen molar-refractivity contribution in [2.24, 2.45) is 0 Å². The minimum absolute atomic E-state index is 0.0933. The Bertz CT molecular complexity index is 1040. The van der Waals surface area contributed by atoms with E-state index in [1.165, 1.54) is 0 Å². The summed E-state index contributed by atoms with van der Waals surface area (Å²) in [7, 11) is 0. The average molecular weight is 417 g/mol. The Morgan fingerprint density at radius 1 is 0.567 bits per heavy atom. The smallest absolute Gasteiger partial charge is 0.193 e. The first-order chi connectivity index (χ1) is 14.6. The van der Waals surface area contributed by atoms with Gasteiger partial charge in [0.2, 0.25) is 0 Å². The Morgan fingerprint density at radius 3 is 1.30 bits per heavy atom. The van der Waals surface area contributed by atoms with Gasteiger partial charge in [-0.05, 0) is 97.1 Å². The number of rotatable bonds is 6. The van der Waals surface area contributed by atoms with Gasteiger partial charge in [-0.15, -0.1) is 0 Å². The molecule has 0 aromatic heterocycles. The van der Waals surface area contributed by atoms with E-state index in [1.807, 2.05) is 0 Å². The van der Waals surface area contributed by atoms with E-state index < -0.39 is 0 Å². The Labute approximate surface area is 178 Å². The van der Waals surface area contributed by atoms with Gasteiger partial charge in [-0.3, -0.25) is 4.79 Å². The molecule has 0 saturated heterocycles. The third-order valence-electron chi connectivity index (χ3n) is 4.35. The predicted molar refractivity (Wildman–Crippen MR) is 116 cm³/mol. The van der Waals surface area contributed by atoms with E-state index in [4.69, 9.17) is 21.1 Å². The highest BCUT2D eigenvalue weighted by Crippen LogP contribution is 2.26. The highest BCUT2D eigenvalue weighted by atomic mass is 35.5. The number of phenolic OH excluding ortho intramolecular Hbond substituents is 1. The van der Waals surface area contributed by atoms with E-state index >= 15 is 0 Å². The first kappa shape index (κ1) is 19.6. The largest absolute Gasteiger partial charge is 0.508 e. The van der Waals surface area contributed by atoms with Crippen molar-refractivity contribution in [2.45, 2.75) is 0 Å². The van der Waals surface area contributed by atoms with E-state index in [1.54, 1.807) is 97.1 Å². The number of carbonyl (C=O) groups excluding carboxylic acids is 1. The summed E-state index contributed by atoms with van der Waals surface area (Å²) in [6.07, 6.45) is 0. The van der Waals surface area contributed by atoms with Crippen molar-refractivity contribution in [3.63, 3.8) is 0 Å². The van der Waals surface area contributed by atoms with Crippen LogP contribution in [0.15, 0.2) is 97.1 Å². The maximum absolute atomic E-state index is 12.7. The average Bonchev–Trinajstić information content (AvgIpc) is 2.77. The van der Waals surface area contributed by atoms with Gasteiger partial charge in [0.15, 0.2) is 5.78 Å². The number of aromatic hydroxyl groups is 1. The molecule has 148 valence electrons. The molecule has 0 atom stereocenters. The quantitative estimate of drug-likeness (QED) is 0.349. The van der Waals surface area contributed by atoms with Gasteiger partial charge in [0.05, 0.1) is 0 Å². The van der Waals surface area contributed by atoms with Crippen molar-refractivity contribution in [3.8, 4) is 28.7 Å². The summed E-state index contributed by atoms with van der Waals surface area (Å²) in [6.45, 7) is 0. The van der Waals surface area contributed by atoms with Crippen LogP contribution in [0.1, 0.15) is 15.9 Å². The number of carbonyl (C=O) groups is 1. The van der Waals surface area contributed by atoms with Crippen LogP contribution in [0.25, 0.3) is 0 Å². The monoisotopic (exact) mass is 416 g/mol. The van der Waals surface area contributed by atoms with E-state index in [0.717, 1.165) is 0 Å². The summed E-state index contributed by atoms with van der Waals surface area (Å²) in [5.74, 6) is 2.58. The Morgan fingerprint density at radius 2 is 0.900 bits per heavy atom. The topological polar surface area (TPSA) is 55.8 Å². The van der Waals surface area contributed by atoms with E-state index in [2.05, 4.69) is 0 Å². The van der Waals surface area contributed by atoms with Crippen molar-refractivity contribution in [1.82, 2.24) is 0 Å². The zero-order valence-corrected chi connectivity index (χ0v) is 16.5. The van der Waals surface area contributed by atoms with Gasteiger partial charge in [0.25, 0.3) is 0 Å². The first-order valence-electron chi connectivity index (χ1n) is 9.22. The van der Waals surface area contributed by atoms with Crippen LogP contribution in [-0.2, 0) is 0 Å². The zero-order valence-electron chi connectivity index (χ0n) is 15.8. The van der Waals surface area contributed by atoms with Crippen LogP contribution >= 0.6 is 11.6 Å². The second-order valence-electron chi connectivity index (χ2n) is 6.53. The van der Waals surface area contributed by atoms with Crippen molar-refractivity contribution < 1.29 is 19.4 Å². The summed E-state index contributed by atoms with van der Waals surface area (Å²) in [6, 6.07) is 27.4. The molecule has 0 spiro atoms. The summed E-state index contributed by atoms with van der Waals surface area (Å²) in [5, 5.41) is 9.97. The fourth-order valence-electron chi connectivity index (χ4n) is 2.80. The third kappa shape index (κ3) is 4.80. The van der Waals surface area contributed by atoms with Crippen LogP contribution in [0.3, 0.4) is 0 Å². The van der Waals surface area contributed by atoms with Gasteiger partial charge in [-0.1, -0.05) is 11.6 Å². The molecule has 30 heavy (non-hydrogen) atoms. The highest BCUT2D eigenvalue weighted by molar-refractivity contribution is 6.30. The first-order valence-corrected chi connectivity index (χ1v) is 9.60. The lowest BCUT2D eigenvalue weighted by molar-refractivity contribution is 0.103. The molecule has 4 aromatic carbocycles. The van der Waals surface area contributed by atoms with Crippen LogP contribution in [0, 0.1) is 0 Å². The number of benzene rings is 4. The molecule has 1 N–H and O–H groups in total. The van der Waals surface area contributed by atoms with E-state index in [0.29, 0.717) is 39.1 Å². The normalized spacial score (nSPS) is 10.4. The maximum Gasteiger partial charge on any atom is 0.193 e. The lowest BCUT2D eigenvalue weighted by Gasteiger charge is -2.08. The number of halogens is 1. The lowest BCUT2D eigenvalue weighted by Crippen LogP contribution is -2.01. The number of hydrogen-bond acceptors (Lipinski definition) is 4. The van der Waals surface area contributed by atoms with Gasteiger partial charge < -0.3 is 14.6 Å². The fourth-order valence-corrected chi connectivity index (χ4v) is 2.93. The predicted octanol–water partition coefficient (Wildman–Crippen LogP) is 6.86. The Kier molecular flexibility index (Phi) is 5.68. The molecule has 4 rings (SSSR count). The summed E-state index contributed by atoms with van der Waals surface area (Å²) in [4.78, 5) is 12.7. The number of ketones is 1. The van der Waals surface area contributed by atoms with Crippen LogP contribution in [0.5, 0.6) is 28.7 Å². The van der Waals surface area contributed by atoms with Gasteiger partial charge in [0, 0.05) is 16.1 Å². The van der Waals surface area contributed by atoms with Gasteiger partial charge >= 0.3 is 0 Å². The minimum Gasteiger partial charge on any atom is -0.508 e. The molecule has 0 amide bonds. The van der Waals surface area contributed by atoms with Crippen LogP contribution in [-0.4, -0.2) is 10.9 Å². The van der Waals surface area contributed by atoms with Crippen molar-refractivity contribution in [3.05, 3.63) is 113 Å². The second-order valence-corrected chi connectivity index (χ2v) is 6.97. The number of hydrogen-bond donors (Lipinski definition) is 1. The summed E-state index contributed by atoms with van der Waals surface area (Å²) >= 11 is 5.87. The van der Waals surface area contributed by atoms with Crippen LogP contribution < -0.4 is 9.47 Å². The molecule has 0 aliphatic rings. The fraction of sp³-hybridized carbons (Fsp3) is 0. The minimum atomic E-state index is -0.0933. The molecule has 0 radical (unpaired) electrons. The summed E-state index contributed by atoms with van der Waals surface area (Å²) in [5.41, 5.74) is 1.12. The molecule has 0 bridgehead atoms. The second kappa shape index (κ2) is 8.72. The number of ether oxygens (including phenoxy) is 2. The zero-order chi connectivity index (χ0) is 20.9. The van der Waals surface area contributed by atoms with Gasteiger partial charge in [0.1, 0.15) is 28.7 Å². The van der Waals surface area contributed by atoms with Crippen molar-refractivity contribution >= 4 is 17.4 Å². The van der Waals surface area contributed by atoms with E-state index in [-0.39, 0.29) is 11.5 Å². The van der Waals surface area contributed by atoms with Crippen molar-refractivity contribution in [2.75, 3.05) is 0 Å². The van der Waals surface area contributed by atoms with Crippen LogP contribution in [0.4, 0.5) is 0 Å². The molecule has 5 heteroatoms. The highest BCUT2D eigenvalue weighted by Gasteiger charge is 2.10. The molecule has 4 nitrogen and oxygen atoms in total. The molecule has 0 heterocycles. The molecule has 0 fully saturated rings. The lowest BCUT2D eigenvalue weighted by atomic mass is 10.0. The number of phenols is 1. The molecular formula is C25H17ClO4. The molecule has 4 aromatic rings. The third-order valence-corrected chi connectivity index (χ3v) is 4.61. The molecule has 0 aliphatic heterocycles. The Balaban J connectivity index is 1.42. The molecule has 0 aliphatic carbocycles. The Hall–Kier alpha value is -3.76. The molecule has 0 unspecified atom stereocenters. The molecule has 0 saturated carbocycles. The van der Waals surface area contributed by atoms with Crippen molar-refractivity contribution in [1.29, 1.82) is 0 Å². The maximum atomic E-state index is 12.7. The summed E-state index contributed by atoms with van der Waals surface area (Å²) < 4.78 is 11.5.